The number of piperazine rings is 1. The first-order chi connectivity index (χ1) is 15.0. The molecule has 1 aliphatic rings. The van der Waals surface area contributed by atoms with Gasteiger partial charge in [-0.1, -0.05) is 18.2 Å². The summed E-state index contributed by atoms with van der Waals surface area (Å²) in [4.78, 5) is 21.4. The molecule has 0 radical (unpaired) electrons. The summed E-state index contributed by atoms with van der Waals surface area (Å²) in [6, 6.07) is 14.6. The maximum atomic E-state index is 13.0. The Morgan fingerprint density at radius 3 is 2.55 bits per heavy atom. The van der Waals surface area contributed by atoms with E-state index in [9.17, 15) is 9.90 Å². The van der Waals surface area contributed by atoms with Gasteiger partial charge in [0.05, 0.1) is 7.11 Å². The highest BCUT2D eigenvalue weighted by Gasteiger charge is 2.20. The highest BCUT2D eigenvalue weighted by Crippen LogP contribution is 2.35. The summed E-state index contributed by atoms with van der Waals surface area (Å²) in [5.41, 5.74) is 10.0. The highest BCUT2D eigenvalue weighted by molar-refractivity contribution is 5.95. The number of nitrogens with two attached hydrogens (primary N) is 1. The number of pyridine rings is 1. The van der Waals surface area contributed by atoms with Crippen molar-refractivity contribution in [2.75, 3.05) is 46.1 Å². The number of hydrogen-bond acceptors (Lipinski definition) is 6. The van der Waals surface area contributed by atoms with E-state index in [1.165, 1.54) is 7.11 Å². The number of phenolic OH excluding ortho intramolecular Hbond substituents is 1. The van der Waals surface area contributed by atoms with Gasteiger partial charge in [0.15, 0.2) is 11.5 Å². The second-order valence-corrected chi connectivity index (χ2v) is 7.72. The maximum Gasteiger partial charge on any atom is 0.253 e. The van der Waals surface area contributed by atoms with Gasteiger partial charge in [0.25, 0.3) is 5.91 Å². The molecule has 0 aliphatic carbocycles. The molecule has 1 aromatic heterocycles. The Labute approximate surface area is 181 Å². The normalized spacial score (nSPS) is 14.5. The number of amides is 1. The summed E-state index contributed by atoms with van der Waals surface area (Å²) < 4.78 is 5.21. The molecule has 7 heteroatoms. The van der Waals surface area contributed by atoms with Gasteiger partial charge in [0.1, 0.15) is 5.82 Å². The number of methoxy groups -OCH3 is 1. The smallest absolute Gasteiger partial charge is 0.253 e. The predicted octanol–water partition coefficient (Wildman–Crippen LogP) is 3.10. The fourth-order valence-corrected chi connectivity index (χ4v) is 3.73. The van der Waals surface area contributed by atoms with Crippen molar-refractivity contribution in [1.29, 1.82) is 0 Å². The molecule has 3 N–H and O–H groups in total. The fourth-order valence-electron chi connectivity index (χ4n) is 3.73. The number of likely N-dealkylation sites (N-methyl/N-ethyl adjacent to an activating group) is 1. The van der Waals surface area contributed by atoms with Gasteiger partial charge in [-0.05, 0) is 48.5 Å². The molecule has 0 unspecified atom stereocenters. The first kappa shape index (κ1) is 20.7. The van der Waals surface area contributed by atoms with Gasteiger partial charge in [0.2, 0.25) is 0 Å². The number of rotatable bonds is 4. The summed E-state index contributed by atoms with van der Waals surface area (Å²) in [5.74, 6) is 0.842. The second-order valence-electron chi connectivity index (χ2n) is 7.72. The topological polar surface area (TPSA) is 91.9 Å². The van der Waals surface area contributed by atoms with Crippen LogP contribution in [0.2, 0.25) is 0 Å². The van der Waals surface area contributed by atoms with Crippen LogP contribution in [0.1, 0.15) is 10.4 Å². The number of ether oxygens (including phenoxy) is 1. The van der Waals surface area contributed by atoms with E-state index >= 15 is 0 Å². The van der Waals surface area contributed by atoms with Crippen LogP contribution in [-0.2, 0) is 0 Å². The minimum absolute atomic E-state index is 0.0434. The van der Waals surface area contributed by atoms with Crippen molar-refractivity contribution in [3.05, 3.63) is 60.3 Å². The molecule has 7 nitrogen and oxygen atoms in total. The Bertz CT molecular complexity index is 1110. The van der Waals surface area contributed by atoms with Gasteiger partial charge >= 0.3 is 0 Å². The van der Waals surface area contributed by atoms with E-state index in [4.69, 9.17) is 10.5 Å². The van der Waals surface area contributed by atoms with Crippen molar-refractivity contribution in [2.24, 2.45) is 0 Å². The molecule has 0 spiro atoms. The molecular weight excluding hydrogens is 392 g/mol. The van der Waals surface area contributed by atoms with Gasteiger partial charge in [-0.3, -0.25) is 4.79 Å². The van der Waals surface area contributed by atoms with Crippen molar-refractivity contribution >= 4 is 11.7 Å². The first-order valence-corrected chi connectivity index (χ1v) is 10.2. The maximum absolute atomic E-state index is 13.0. The van der Waals surface area contributed by atoms with Crippen molar-refractivity contribution in [1.82, 2.24) is 14.8 Å². The molecule has 1 saturated heterocycles. The number of phenols is 1. The number of nitrogen functional groups attached to an aromatic ring is 1. The van der Waals surface area contributed by atoms with Crippen LogP contribution in [0, 0.1) is 0 Å². The Morgan fingerprint density at radius 1 is 1.03 bits per heavy atom. The fraction of sp³-hybridized carbons (Fsp3) is 0.250. The highest BCUT2D eigenvalue weighted by atomic mass is 16.5. The quantitative estimate of drug-likeness (QED) is 0.677. The first-order valence-electron chi connectivity index (χ1n) is 10.2. The van der Waals surface area contributed by atoms with E-state index in [1.54, 1.807) is 24.4 Å². The van der Waals surface area contributed by atoms with E-state index in [1.807, 2.05) is 35.2 Å². The van der Waals surface area contributed by atoms with E-state index in [0.717, 1.165) is 48.4 Å². The lowest BCUT2D eigenvalue weighted by atomic mass is 9.99. The Hall–Kier alpha value is -3.58. The zero-order valence-electron chi connectivity index (χ0n) is 17.7. The van der Waals surface area contributed by atoms with Crippen molar-refractivity contribution in [3.8, 4) is 33.8 Å². The summed E-state index contributed by atoms with van der Waals surface area (Å²) >= 11 is 0. The zero-order chi connectivity index (χ0) is 22.0. The number of aromatic nitrogens is 1. The van der Waals surface area contributed by atoms with Gasteiger partial charge in [0, 0.05) is 49.1 Å². The number of anilines is 1. The average molecular weight is 418 g/mol. The van der Waals surface area contributed by atoms with Crippen LogP contribution in [0.3, 0.4) is 0 Å². The third-order valence-electron chi connectivity index (χ3n) is 5.64. The van der Waals surface area contributed by atoms with Crippen LogP contribution in [-0.4, -0.2) is 66.1 Å². The van der Waals surface area contributed by atoms with Crippen LogP contribution in [0.4, 0.5) is 5.82 Å². The zero-order valence-corrected chi connectivity index (χ0v) is 17.7. The Balaban J connectivity index is 1.66. The van der Waals surface area contributed by atoms with Crippen LogP contribution >= 0.6 is 0 Å². The lowest BCUT2D eigenvalue weighted by molar-refractivity contribution is 0.0664. The summed E-state index contributed by atoms with van der Waals surface area (Å²) in [5, 5.41) is 9.88. The summed E-state index contributed by atoms with van der Waals surface area (Å²) in [6.07, 6.45) is 1.70. The van der Waals surface area contributed by atoms with Crippen molar-refractivity contribution in [3.63, 3.8) is 0 Å². The molecule has 0 saturated carbocycles. The van der Waals surface area contributed by atoms with E-state index < -0.39 is 0 Å². The number of carbonyl (C=O) groups excluding carboxylic acids is 1. The van der Waals surface area contributed by atoms with Gasteiger partial charge in [-0.25, -0.2) is 4.98 Å². The van der Waals surface area contributed by atoms with E-state index in [0.29, 0.717) is 17.1 Å². The molecule has 3 aromatic rings. The molecule has 2 heterocycles. The molecule has 1 amide bonds. The van der Waals surface area contributed by atoms with Gasteiger partial charge in [-0.15, -0.1) is 0 Å². The minimum atomic E-state index is 0.0434. The molecular formula is C24H26N4O3. The minimum Gasteiger partial charge on any atom is -0.504 e. The molecule has 160 valence electrons. The number of carbonyl (C=O) groups is 1. The SMILES string of the molecule is COc1cc(-c2cc(-c3cccc(C(=O)N4CCN(C)CC4)c3)cnc2N)ccc1O. The molecule has 0 bridgehead atoms. The predicted molar refractivity (Wildman–Crippen MR) is 121 cm³/mol. The van der Waals surface area contributed by atoms with Crippen LogP contribution < -0.4 is 10.5 Å². The average Bonchev–Trinajstić information content (AvgIpc) is 2.80. The monoisotopic (exact) mass is 418 g/mol. The van der Waals surface area contributed by atoms with Crippen LogP contribution in [0.25, 0.3) is 22.3 Å². The standard InChI is InChI=1S/C24H26N4O3/c1-27-8-10-28(11-9-27)24(30)18-5-3-4-16(12-18)19-13-20(23(25)26-15-19)17-6-7-21(29)22(14-17)31-2/h3-7,12-15,29H,8-11H2,1-2H3,(H2,25,26). The van der Waals surface area contributed by atoms with E-state index in [2.05, 4.69) is 16.9 Å². The summed E-state index contributed by atoms with van der Waals surface area (Å²) in [7, 11) is 3.57. The van der Waals surface area contributed by atoms with Gasteiger partial charge < -0.3 is 25.4 Å². The molecule has 2 aromatic carbocycles. The lowest BCUT2D eigenvalue weighted by Crippen LogP contribution is -2.47. The summed E-state index contributed by atoms with van der Waals surface area (Å²) in [6.45, 7) is 3.23. The van der Waals surface area contributed by atoms with Crippen LogP contribution in [0.15, 0.2) is 54.7 Å². The third-order valence-corrected chi connectivity index (χ3v) is 5.64. The largest absolute Gasteiger partial charge is 0.504 e. The molecule has 0 atom stereocenters. The Kier molecular flexibility index (Phi) is 5.77. The second kappa shape index (κ2) is 8.65. The van der Waals surface area contributed by atoms with Crippen LogP contribution in [0.5, 0.6) is 11.5 Å². The number of hydrogen-bond donors (Lipinski definition) is 2. The lowest BCUT2D eigenvalue weighted by Gasteiger charge is -2.32. The molecule has 1 aliphatic heterocycles. The number of aromatic hydroxyl groups is 1. The third kappa shape index (κ3) is 4.32. The van der Waals surface area contributed by atoms with Crippen molar-refractivity contribution < 1.29 is 14.6 Å². The van der Waals surface area contributed by atoms with Crippen molar-refractivity contribution in [2.45, 2.75) is 0 Å². The number of benzene rings is 2. The van der Waals surface area contributed by atoms with E-state index in [-0.39, 0.29) is 11.7 Å². The molecule has 4 rings (SSSR count). The number of nitrogens with zero attached hydrogens (tertiary/aromatic N) is 3. The molecule has 31 heavy (non-hydrogen) atoms. The van der Waals surface area contributed by atoms with Gasteiger partial charge in [-0.2, -0.15) is 0 Å². The Morgan fingerprint density at radius 2 is 1.81 bits per heavy atom. The molecule has 1 fully saturated rings.